The Morgan fingerprint density at radius 1 is 1.13 bits per heavy atom. The number of carbonyl (C=O) groups is 1. The summed E-state index contributed by atoms with van der Waals surface area (Å²) in [5.74, 6) is -0.399. The van der Waals surface area contributed by atoms with Crippen molar-refractivity contribution < 1.29 is 18.0 Å². The number of halogens is 3. The van der Waals surface area contributed by atoms with Gasteiger partial charge < -0.3 is 0 Å². The van der Waals surface area contributed by atoms with E-state index in [0.717, 1.165) is 10.4 Å². The molecule has 1 atom stereocenters. The third-order valence-corrected chi connectivity index (χ3v) is 4.18. The third-order valence-electron chi connectivity index (χ3n) is 4.18. The predicted octanol–water partition coefficient (Wildman–Crippen LogP) is 3.96. The first-order chi connectivity index (χ1) is 10.7. The standard InChI is InChI=1S/C17H17F3N2O/c1-16(2)10-14(23)21-22(16)15(17(18,19)20)13-9-5-7-11-6-3-4-8-12(11)13/h3-9,15H,10H2,1-2H3,(H,21,23). The number of benzene rings is 2. The van der Waals surface area contributed by atoms with E-state index in [1.807, 2.05) is 0 Å². The average Bonchev–Trinajstić information content (AvgIpc) is 2.71. The van der Waals surface area contributed by atoms with Crippen LogP contribution in [0.3, 0.4) is 0 Å². The molecule has 23 heavy (non-hydrogen) atoms. The van der Waals surface area contributed by atoms with E-state index in [1.54, 1.807) is 50.2 Å². The minimum atomic E-state index is -4.51. The molecule has 2 aromatic rings. The number of nitrogens with zero attached hydrogens (tertiary/aromatic N) is 1. The highest BCUT2D eigenvalue weighted by Gasteiger charge is 2.53. The van der Waals surface area contributed by atoms with Gasteiger partial charge in [0.15, 0.2) is 6.04 Å². The van der Waals surface area contributed by atoms with Crippen molar-refractivity contribution in [1.82, 2.24) is 10.4 Å². The van der Waals surface area contributed by atoms with Crippen LogP contribution >= 0.6 is 0 Å². The second-order valence-corrected chi connectivity index (χ2v) is 6.41. The lowest BCUT2D eigenvalue weighted by molar-refractivity contribution is -0.203. The number of hydrogen-bond acceptors (Lipinski definition) is 2. The van der Waals surface area contributed by atoms with Crippen LogP contribution in [0, 0.1) is 0 Å². The molecule has 0 radical (unpaired) electrons. The zero-order valence-electron chi connectivity index (χ0n) is 12.8. The molecular formula is C17H17F3N2O. The third kappa shape index (κ3) is 2.79. The summed E-state index contributed by atoms with van der Waals surface area (Å²) in [5.41, 5.74) is 1.61. The number of hydrazine groups is 1. The van der Waals surface area contributed by atoms with Gasteiger partial charge in [-0.1, -0.05) is 42.5 Å². The van der Waals surface area contributed by atoms with Crippen LogP contribution in [0.1, 0.15) is 31.9 Å². The molecular weight excluding hydrogens is 305 g/mol. The summed E-state index contributed by atoms with van der Waals surface area (Å²) < 4.78 is 41.6. The van der Waals surface area contributed by atoms with Crippen molar-refractivity contribution in [3.05, 3.63) is 48.0 Å². The molecule has 2 aromatic carbocycles. The van der Waals surface area contributed by atoms with Crippen LogP contribution in [0.15, 0.2) is 42.5 Å². The zero-order chi connectivity index (χ0) is 16.8. The maximum absolute atomic E-state index is 13.9. The van der Waals surface area contributed by atoms with Crippen LogP contribution in [-0.4, -0.2) is 22.6 Å². The molecule has 1 fully saturated rings. The highest BCUT2D eigenvalue weighted by atomic mass is 19.4. The van der Waals surface area contributed by atoms with Crippen molar-refractivity contribution in [2.75, 3.05) is 0 Å². The molecule has 1 aliphatic rings. The number of amides is 1. The Labute approximate surface area is 132 Å². The Balaban J connectivity index is 2.19. The van der Waals surface area contributed by atoms with Gasteiger partial charge in [-0.05, 0) is 30.2 Å². The average molecular weight is 322 g/mol. The van der Waals surface area contributed by atoms with Crippen molar-refractivity contribution >= 4 is 16.7 Å². The van der Waals surface area contributed by atoms with Crippen LogP contribution in [-0.2, 0) is 4.79 Å². The molecule has 3 nitrogen and oxygen atoms in total. The molecule has 0 bridgehead atoms. The molecule has 1 saturated heterocycles. The quantitative estimate of drug-likeness (QED) is 0.908. The number of nitrogens with one attached hydrogen (secondary N) is 1. The molecule has 3 rings (SSSR count). The summed E-state index contributed by atoms with van der Waals surface area (Å²) in [4.78, 5) is 11.7. The maximum atomic E-state index is 13.9. The summed E-state index contributed by atoms with van der Waals surface area (Å²) in [5, 5.41) is 2.31. The fraction of sp³-hybridized carbons (Fsp3) is 0.353. The largest absolute Gasteiger partial charge is 0.409 e. The second-order valence-electron chi connectivity index (χ2n) is 6.41. The number of alkyl halides is 3. The highest BCUT2D eigenvalue weighted by Crippen LogP contribution is 2.44. The molecule has 6 heteroatoms. The first kappa shape index (κ1) is 15.8. The van der Waals surface area contributed by atoms with Crippen molar-refractivity contribution in [1.29, 1.82) is 0 Å². The smallest absolute Gasteiger partial charge is 0.287 e. The number of rotatable bonds is 2. The van der Waals surface area contributed by atoms with Crippen molar-refractivity contribution in [2.45, 2.75) is 38.0 Å². The second kappa shape index (κ2) is 5.23. The van der Waals surface area contributed by atoms with Gasteiger partial charge in [0.05, 0.1) is 0 Å². The molecule has 0 spiro atoms. The first-order valence-corrected chi connectivity index (χ1v) is 7.33. The van der Waals surface area contributed by atoms with Crippen LogP contribution < -0.4 is 5.43 Å². The Morgan fingerprint density at radius 2 is 1.78 bits per heavy atom. The topological polar surface area (TPSA) is 32.3 Å². The summed E-state index contributed by atoms with van der Waals surface area (Å²) in [6.07, 6.45) is -4.48. The van der Waals surface area contributed by atoms with Crippen molar-refractivity contribution in [3.8, 4) is 0 Å². The lowest BCUT2D eigenvalue weighted by Crippen LogP contribution is -2.51. The summed E-state index contributed by atoms with van der Waals surface area (Å²) in [6.45, 7) is 3.27. The van der Waals surface area contributed by atoms with Crippen molar-refractivity contribution in [2.24, 2.45) is 0 Å². The van der Waals surface area contributed by atoms with Crippen LogP contribution in [0.2, 0.25) is 0 Å². The van der Waals surface area contributed by atoms with Gasteiger partial charge in [-0.25, -0.2) is 0 Å². The summed E-state index contributed by atoms with van der Waals surface area (Å²) in [6, 6.07) is 9.93. The molecule has 0 aliphatic carbocycles. The molecule has 0 aromatic heterocycles. The lowest BCUT2D eigenvalue weighted by atomic mass is 9.94. The van der Waals surface area contributed by atoms with E-state index in [4.69, 9.17) is 0 Å². The Bertz CT molecular complexity index is 750. The minimum absolute atomic E-state index is 0.0321. The van der Waals surface area contributed by atoms with Crippen molar-refractivity contribution in [3.63, 3.8) is 0 Å². The SMILES string of the molecule is CC1(C)CC(=O)NN1C(c1cccc2ccccc12)C(F)(F)F. The molecule has 1 amide bonds. The first-order valence-electron chi connectivity index (χ1n) is 7.33. The fourth-order valence-electron chi connectivity index (χ4n) is 3.17. The van der Waals surface area contributed by atoms with E-state index in [-0.39, 0.29) is 12.0 Å². The van der Waals surface area contributed by atoms with Crippen LogP contribution in [0.5, 0.6) is 0 Å². The Kier molecular flexibility index (Phi) is 3.59. The summed E-state index contributed by atoms with van der Waals surface area (Å²) >= 11 is 0. The maximum Gasteiger partial charge on any atom is 0.409 e. The molecule has 0 saturated carbocycles. The number of carbonyl (C=O) groups excluding carboxylic acids is 1. The van der Waals surface area contributed by atoms with Crippen LogP contribution in [0.4, 0.5) is 13.2 Å². The summed E-state index contributed by atoms with van der Waals surface area (Å²) in [7, 11) is 0. The van der Waals surface area contributed by atoms with Gasteiger partial charge in [-0.3, -0.25) is 10.2 Å². The van der Waals surface area contributed by atoms with E-state index in [0.29, 0.717) is 5.39 Å². The lowest BCUT2D eigenvalue weighted by Gasteiger charge is -2.38. The molecule has 1 unspecified atom stereocenters. The number of fused-ring (bicyclic) bond motifs is 1. The van der Waals surface area contributed by atoms with Crippen LogP contribution in [0.25, 0.3) is 10.8 Å². The normalized spacial score (nSPS) is 19.8. The zero-order valence-corrected chi connectivity index (χ0v) is 12.8. The Morgan fingerprint density at radius 3 is 2.39 bits per heavy atom. The van der Waals surface area contributed by atoms with E-state index in [9.17, 15) is 18.0 Å². The molecule has 1 N–H and O–H groups in total. The predicted molar refractivity (Wildman–Crippen MR) is 81.4 cm³/mol. The number of hydrogen-bond donors (Lipinski definition) is 1. The van der Waals surface area contributed by atoms with E-state index in [2.05, 4.69) is 5.43 Å². The van der Waals surface area contributed by atoms with Gasteiger partial charge in [0, 0.05) is 12.0 Å². The monoisotopic (exact) mass is 322 g/mol. The fourth-order valence-corrected chi connectivity index (χ4v) is 3.17. The van der Waals surface area contributed by atoms with E-state index in [1.165, 1.54) is 6.07 Å². The van der Waals surface area contributed by atoms with E-state index < -0.39 is 23.7 Å². The minimum Gasteiger partial charge on any atom is -0.287 e. The molecule has 122 valence electrons. The highest BCUT2D eigenvalue weighted by molar-refractivity contribution is 5.86. The Hall–Kier alpha value is -2.08. The van der Waals surface area contributed by atoms with Gasteiger partial charge in [-0.15, -0.1) is 0 Å². The van der Waals surface area contributed by atoms with Gasteiger partial charge in [0.2, 0.25) is 5.91 Å². The van der Waals surface area contributed by atoms with Gasteiger partial charge in [0.25, 0.3) is 0 Å². The molecule has 1 aliphatic heterocycles. The molecule has 1 heterocycles. The van der Waals surface area contributed by atoms with Gasteiger partial charge in [0.1, 0.15) is 0 Å². The van der Waals surface area contributed by atoms with Gasteiger partial charge >= 0.3 is 6.18 Å². The van der Waals surface area contributed by atoms with Gasteiger partial charge in [-0.2, -0.15) is 18.2 Å². The van der Waals surface area contributed by atoms with E-state index >= 15 is 0 Å².